The van der Waals surface area contributed by atoms with Gasteiger partial charge in [0.05, 0.1) is 5.69 Å². The zero-order valence-corrected chi connectivity index (χ0v) is 17.4. The molecule has 0 fully saturated rings. The van der Waals surface area contributed by atoms with Crippen molar-refractivity contribution in [1.82, 2.24) is 15.0 Å². The van der Waals surface area contributed by atoms with Gasteiger partial charge in [-0.25, -0.2) is 0 Å². The van der Waals surface area contributed by atoms with Crippen molar-refractivity contribution in [2.24, 2.45) is 0 Å². The number of hydrogen-bond acceptors (Lipinski definition) is 3. The average Bonchev–Trinajstić information content (AvgIpc) is 2.74. The Morgan fingerprint density at radius 3 is 2.17 bits per heavy atom. The van der Waals surface area contributed by atoms with Gasteiger partial charge < -0.3 is 0 Å². The average molecular weight is 380 g/mol. The van der Waals surface area contributed by atoms with E-state index in [9.17, 15) is 0 Å². The molecule has 0 saturated carbocycles. The number of rotatable bonds is 4. The van der Waals surface area contributed by atoms with Gasteiger partial charge in [-0.3, -0.25) is 15.0 Å². The van der Waals surface area contributed by atoms with Gasteiger partial charge in [0.25, 0.3) is 0 Å². The van der Waals surface area contributed by atoms with E-state index in [-0.39, 0.29) is 0 Å². The Labute approximate surface area is 172 Å². The van der Waals surface area contributed by atoms with Gasteiger partial charge in [-0.2, -0.15) is 0 Å². The van der Waals surface area contributed by atoms with Crippen LogP contribution in [0.3, 0.4) is 0 Å². The van der Waals surface area contributed by atoms with E-state index in [0.29, 0.717) is 6.42 Å². The summed E-state index contributed by atoms with van der Waals surface area (Å²) in [4.78, 5) is 14.0. The van der Waals surface area contributed by atoms with Crippen molar-refractivity contribution < 1.29 is 0 Å². The number of nitrogens with zero attached hydrogens (tertiary/aromatic N) is 3. The van der Waals surface area contributed by atoms with Crippen molar-refractivity contribution in [2.75, 3.05) is 0 Å². The maximum Gasteiger partial charge on any atom is 0.0501 e. The lowest BCUT2D eigenvalue weighted by atomic mass is 9.95. The van der Waals surface area contributed by atoms with Gasteiger partial charge in [-0.05, 0) is 73.7 Å². The van der Waals surface area contributed by atoms with E-state index in [1.54, 1.807) is 6.20 Å². The molecule has 0 saturated heterocycles. The molecule has 0 aliphatic rings. The molecule has 0 radical (unpaired) electrons. The molecule has 144 valence electrons. The van der Waals surface area contributed by atoms with Gasteiger partial charge in [-0.1, -0.05) is 36.4 Å². The van der Waals surface area contributed by atoms with Crippen LogP contribution in [0.4, 0.5) is 0 Å². The molecule has 0 unspecified atom stereocenters. The van der Waals surface area contributed by atoms with E-state index in [0.717, 1.165) is 28.3 Å². The molecular formula is C26H25N3. The second-order valence-electron chi connectivity index (χ2n) is 7.54. The number of aryl methyl sites for hydroxylation is 2. The summed E-state index contributed by atoms with van der Waals surface area (Å²) in [6, 6.07) is 18.9. The monoisotopic (exact) mass is 379 g/mol. The SMILES string of the molecule is Cc1cc(-c2ccccc2)c(C)c(Cc2cc(-c3cccnc3)c(C)c(C)n2)n1. The van der Waals surface area contributed by atoms with Crippen molar-refractivity contribution in [3.63, 3.8) is 0 Å². The molecule has 0 bridgehead atoms. The Bertz CT molecular complexity index is 1150. The fourth-order valence-corrected chi connectivity index (χ4v) is 3.78. The highest BCUT2D eigenvalue weighted by atomic mass is 14.7. The molecule has 0 atom stereocenters. The standard InChI is InChI=1S/C26H25N3/c1-17-13-24(21-9-6-5-7-10-21)19(3)26(28-17)15-23-14-25(18(2)20(4)29-23)22-11-8-12-27-16-22/h5-14,16H,15H2,1-4H3. The van der Waals surface area contributed by atoms with Crippen LogP contribution in [0, 0.1) is 27.7 Å². The fourth-order valence-electron chi connectivity index (χ4n) is 3.78. The zero-order valence-electron chi connectivity index (χ0n) is 17.4. The molecule has 0 N–H and O–H groups in total. The summed E-state index contributed by atoms with van der Waals surface area (Å²) >= 11 is 0. The molecule has 1 aromatic carbocycles. The minimum atomic E-state index is 0.710. The van der Waals surface area contributed by atoms with Crippen molar-refractivity contribution in [3.8, 4) is 22.3 Å². The van der Waals surface area contributed by atoms with E-state index in [4.69, 9.17) is 9.97 Å². The van der Waals surface area contributed by atoms with E-state index >= 15 is 0 Å². The third kappa shape index (κ3) is 3.95. The van der Waals surface area contributed by atoms with Crippen LogP contribution in [-0.2, 0) is 6.42 Å². The van der Waals surface area contributed by atoms with Crippen molar-refractivity contribution >= 4 is 0 Å². The topological polar surface area (TPSA) is 38.7 Å². The van der Waals surface area contributed by atoms with Crippen LogP contribution in [0.1, 0.15) is 33.9 Å². The Morgan fingerprint density at radius 2 is 1.45 bits per heavy atom. The molecule has 4 aromatic rings. The molecule has 0 aliphatic carbocycles. The second kappa shape index (κ2) is 7.96. The maximum atomic E-state index is 4.87. The maximum absolute atomic E-state index is 4.87. The highest BCUT2D eigenvalue weighted by Crippen LogP contribution is 2.29. The fraction of sp³-hybridized carbons (Fsp3) is 0.192. The van der Waals surface area contributed by atoms with Crippen LogP contribution in [0.5, 0.6) is 0 Å². The molecule has 3 aromatic heterocycles. The van der Waals surface area contributed by atoms with E-state index in [2.05, 4.69) is 75.1 Å². The van der Waals surface area contributed by atoms with Crippen molar-refractivity contribution in [2.45, 2.75) is 34.1 Å². The van der Waals surface area contributed by atoms with Gasteiger partial charge in [0.1, 0.15) is 0 Å². The van der Waals surface area contributed by atoms with Crippen LogP contribution in [-0.4, -0.2) is 15.0 Å². The molecule has 0 spiro atoms. The van der Waals surface area contributed by atoms with E-state index in [1.807, 2.05) is 18.3 Å². The lowest BCUT2D eigenvalue weighted by molar-refractivity contribution is 0.955. The smallest absolute Gasteiger partial charge is 0.0501 e. The largest absolute Gasteiger partial charge is 0.264 e. The molecule has 4 rings (SSSR count). The summed E-state index contributed by atoms with van der Waals surface area (Å²) in [5, 5.41) is 0. The normalized spacial score (nSPS) is 10.9. The number of pyridine rings is 3. The first-order valence-electron chi connectivity index (χ1n) is 9.93. The summed E-state index contributed by atoms with van der Waals surface area (Å²) in [5.41, 5.74) is 11.4. The predicted molar refractivity (Wildman–Crippen MR) is 119 cm³/mol. The quantitative estimate of drug-likeness (QED) is 0.434. The lowest BCUT2D eigenvalue weighted by Crippen LogP contribution is -2.04. The molecule has 0 aliphatic heterocycles. The Balaban J connectivity index is 1.77. The van der Waals surface area contributed by atoms with Crippen LogP contribution in [0.15, 0.2) is 67.0 Å². The summed E-state index contributed by atoms with van der Waals surface area (Å²) in [6.07, 6.45) is 4.43. The first kappa shape index (κ1) is 19.0. The number of aromatic nitrogens is 3. The number of benzene rings is 1. The zero-order chi connectivity index (χ0) is 20.4. The minimum Gasteiger partial charge on any atom is -0.264 e. The molecule has 3 heterocycles. The third-order valence-corrected chi connectivity index (χ3v) is 5.48. The van der Waals surface area contributed by atoms with Gasteiger partial charge in [0.2, 0.25) is 0 Å². The first-order chi connectivity index (χ1) is 14.0. The molecule has 3 nitrogen and oxygen atoms in total. The molecule has 3 heteroatoms. The predicted octanol–water partition coefficient (Wildman–Crippen LogP) is 6.03. The molecular weight excluding hydrogens is 354 g/mol. The van der Waals surface area contributed by atoms with Gasteiger partial charge in [0, 0.05) is 41.5 Å². The highest BCUT2D eigenvalue weighted by Gasteiger charge is 2.13. The lowest BCUT2D eigenvalue weighted by Gasteiger charge is -2.15. The van der Waals surface area contributed by atoms with Gasteiger partial charge in [0.15, 0.2) is 0 Å². The van der Waals surface area contributed by atoms with Crippen LogP contribution < -0.4 is 0 Å². The van der Waals surface area contributed by atoms with E-state index in [1.165, 1.54) is 27.8 Å². The van der Waals surface area contributed by atoms with Crippen molar-refractivity contribution in [3.05, 3.63) is 101 Å². The Hall–Kier alpha value is -3.33. The molecule has 29 heavy (non-hydrogen) atoms. The number of hydrogen-bond donors (Lipinski definition) is 0. The van der Waals surface area contributed by atoms with E-state index < -0.39 is 0 Å². The Kier molecular flexibility index (Phi) is 5.22. The van der Waals surface area contributed by atoms with Crippen LogP contribution >= 0.6 is 0 Å². The molecule has 0 amide bonds. The van der Waals surface area contributed by atoms with Crippen molar-refractivity contribution in [1.29, 1.82) is 0 Å². The summed E-state index contributed by atoms with van der Waals surface area (Å²) in [6.45, 7) is 8.42. The summed E-state index contributed by atoms with van der Waals surface area (Å²) < 4.78 is 0. The van der Waals surface area contributed by atoms with Gasteiger partial charge >= 0.3 is 0 Å². The summed E-state index contributed by atoms with van der Waals surface area (Å²) in [5.74, 6) is 0. The van der Waals surface area contributed by atoms with Crippen LogP contribution in [0.2, 0.25) is 0 Å². The van der Waals surface area contributed by atoms with Crippen LogP contribution in [0.25, 0.3) is 22.3 Å². The third-order valence-electron chi connectivity index (χ3n) is 5.48. The highest BCUT2D eigenvalue weighted by molar-refractivity contribution is 5.69. The summed E-state index contributed by atoms with van der Waals surface area (Å²) in [7, 11) is 0. The van der Waals surface area contributed by atoms with Gasteiger partial charge in [-0.15, -0.1) is 0 Å². The second-order valence-corrected chi connectivity index (χ2v) is 7.54. The minimum absolute atomic E-state index is 0.710. The first-order valence-corrected chi connectivity index (χ1v) is 9.93. The Morgan fingerprint density at radius 1 is 0.724 bits per heavy atom.